The monoisotopic (exact) mass is 1280 g/mol. The molecule has 4 atom stereocenters. The molecule has 0 aromatic carbocycles. The van der Waals surface area contributed by atoms with E-state index in [4.69, 9.17) is 23.7 Å². The number of piperazine rings is 1. The second-order valence-electron chi connectivity index (χ2n) is 25.4. The number of aliphatic hydroxyl groups excluding tert-OH is 4. The van der Waals surface area contributed by atoms with E-state index in [1.807, 2.05) is 21.6 Å². The summed E-state index contributed by atoms with van der Waals surface area (Å²) in [6.07, 6.45) is 16.0. The van der Waals surface area contributed by atoms with Crippen LogP contribution in [-0.4, -0.2) is 217 Å². The van der Waals surface area contributed by atoms with Crippen molar-refractivity contribution in [3.05, 3.63) is 0 Å². The van der Waals surface area contributed by atoms with Gasteiger partial charge in [0.1, 0.15) is 6.61 Å². The molecule has 1 aliphatic rings. The number of carbonyl (C=O) groups excluding carboxylic acids is 5. The fourth-order valence-corrected chi connectivity index (χ4v) is 12.4. The third-order valence-corrected chi connectivity index (χ3v) is 19.0. The molecule has 18 nitrogen and oxygen atoms in total. The molecule has 4 N–H and O–H groups in total. The summed E-state index contributed by atoms with van der Waals surface area (Å²) in [6.45, 7) is 27.6. The maximum atomic E-state index is 12.8. The Morgan fingerprint density at radius 3 is 1.06 bits per heavy atom. The van der Waals surface area contributed by atoms with Gasteiger partial charge in [0.2, 0.25) is 0 Å². The van der Waals surface area contributed by atoms with Crippen LogP contribution in [0.25, 0.3) is 0 Å². The van der Waals surface area contributed by atoms with Crippen molar-refractivity contribution in [2.75, 3.05) is 123 Å². The summed E-state index contributed by atoms with van der Waals surface area (Å²) in [6, 6.07) is 0. The summed E-state index contributed by atoms with van der Waals surface area (Å²) < 4.78 is 27.3. The van der Waals surface area contributed by atoms with Gasteiger partial charge in [-0.1, -0.05) is 128 Å². The molecule has 0 amide bonds. The minimum absolute atomic E-state index is 0.180. The summed E-state index contributed by atoms with van der Waals surface area (Å²) in [7, 11) is 3.80. The van der Waals surface area contributed by atoms with Crippen LogP contribution in [-0.2, 0) is 47.7 Å². The third kappa shape index (κ3) is 50.0. The van der Waals surface area contributed by atoms with Gasteiger partial charge in [0.15, 0.2) is 0 Å². The highest BCUT2D eigenvalue weighted by Gasteiger charge is 2.21. The Kier molecular flexibility index (Phi) is 52.7. The molecular formula is C67H128N4O14S2. The van der Waals surface area contributed by atoms with E-state index in [1.165, 1.54) is 0 Å². The van der Waals surface area contributed by atoms with Gasteiger partial charge in [0.05, 0.1) is 50.8 Å². The van der Waals surface area contributed by atoms with Crippen LogP contribution in [0, 0.1) is 23.7 Å². The second kappa shape index (κ2) is 55.4. The van der Waals surface area contributed by atoms with Crippen LogP contribution in [0.3, 0.4) is 0 Å². The standard InChI is InChI=1S/C67H128N4O14S2/c1-9-57(10-2)53-84-66(79)31-19-15-27-59(72)49-70(50-60(73)28-16-20-32-67(80)85-54-58(11-3)12-4)36-22-21-33-65(78)83-46-42-68-38-40-69(41-39-68)43-48-87-86-47-24-23-37-71(51-61(74)25-13-17-29-63(76)81-44-34-55(5)6)52-62(75)26-14-18-30-64(77)82-45-35-56(7)8/h55-62,72-75H,9-54H2,1-8H3. The number of nitrogens with zero attached hydrogens (tertiary/aromatic N) is 4. The van der Waals surface area contributed by atoms with Gasteiger partial charge in [-0.25, -0.2) is 0 Å². The molecule has 0 aromatic rings. The Morgan fingerprint density at radius 2 is 0.701 bits per heavy atom. The summed E-state index contributed by atoms with van der Waals surface area (Å²) in [5.41, 5.74) is 0. The van der Waals surface area contributed by atoms with Gasteiger partial charge < -0.3 is 44.1 Å². The van der Waals surface area contributed by atoms with Crippen molar-refractivity contribution >= 4 is 51.4 Å². The van der Waals surface area contributed by atoms with Crippen LogP contribution in [0.15, 0.2) is 0 Å². The molecule has 0 aromatic heterocycles. The van der Waals surface area contributed by atoms with Gasteiger partial charge in [-0.3, -0.25) is 43.6 Å². The highest BCUT2D eigenvalue weighted by molar-refractivity contribution is 8.76. The molecule has 0 bridgehead atoms. The zero-order valence-electron chi connectivity index (χ0n) is 56.1. The minimum Gasteiger partial charge on any atom is -0.466 e. The molecule has 0 saturated carbocycles. The van der Waals surface area contributed by atoms with Crippen molar-refractivity contribution in [1.29, 1.82) is 0 Å². The molecular weight excluding hydrogens is 1150 g/mol. The number of unbranched alkanes of at least 4 members (excludes halogenated alkanes) is 6. The van der Waals surface area contributed by atoms with Gasteiger partial charge in [0.25, 0.3) is 0 Å². The van der Waals surface area contributed by atoms with Gasteiger partial charge in [-0.05, 0) is 127 Å². The van der Waals surface area contributed by atoms with E-state index in [1.54, 1.807) is 0 Å². The normalized spacial score (nSPS) is 14.8. The summed E-state index contributed by atoms with van der Waals surface area (Å²) in [4.78, 5) is 70.7. The van der Waals surface area contributed by atoms with Crippen LogP contribution >= 0.6 is 21.6 Å². The molecule has 0 radical (unpaired) electrons. The lowest BCUT2D eigenvalue weighted by molar-refractivity contribution is -0.146. The lowest BCUT2D eigenvalue weighted by Crippen LogP contribution is -2.47. The van der Waals surface area contributed by atoms with E-state index in [9.17, 15) is 44.4 Å². The lowest BCUT2D eigenvalue weighted by atomic mass is 10.1. The quantitative estimate of drug-likeness (QED) is 0.0192. The second-order valence-corrected chi connectivity index (χ2v) is 28.1. The first-order valence-electron chi connectivity index (χ1n) is 34.5. The van der Waals surface area contributed by atoms with Gasteiger partial charge >= 0.3 is 29.8 Å². The molecule has 512 valence electrons. The van der Waals surface area contributed by atoms with Crippen LogP contribution in [0.5, 0.6) is 0 Å². The summed E-state index contributed by atoms with van der Waals surface area (Å²) in [5, 5.41) is 44.0. The average Bonchev–Trinajstić information content (AvgIpc) is 3.59. The van der Waals surface area contributed by atoms with Crippen LogP contribution in [0.2, 0.25) is 0 Å². The van der Waals surface area contributed by atoms with Crippen LogP contribution in [0.4, 0.5) is 0 Å². The molecule has 0 spiro atoms. The Bertz CT molecular complexity index is 1610. The van der Waals surface area contributed by atoms with Crippen molar-refractivity contribution in [3.63, 3.8) is 0 Å². The summed E-state index contributed by atoms with van der Waals surface area (Å²) in [5.74, 6) is 2.84. The largest absolute Gasteiger partial charge is 0.466 e. The first-order chi connectivity index (χ1) is 41.8. The number of hydrogen-bond donors (Lipinski definition) is 4. The van der Waals surface area contributed by atoms with Gasteiger partial charge in [-0.2, -0.15) is 0 Å². The fraction of sp³-hybridized carbons (Fsp3) is 0.925. The van der Waals surface area contributed by atoms with E-state index >= 15 is 0 Å². The fourth-order valence-electron chi connectivity index (χ4n) is 10.2. The first-order valence-corrected chi connectivity index (χ1v) is 37.0. The van der Waals surface area contributed by atoms with Crippen molar-refractivity contribution < 1.29 is 68.1 Å². The first kappa shape index (κ1) is 82.7. The predicted molar refractivity (Wildman–Crippen MR) is 354 cm³/mol. The van der Waals surface area contributed by atoms with E-state index in [2.05, 4.69) is 75.0 Å². The molecule has 1 aliphatic heterocycles. The number of ether oxygens (including phenoxy) is 5. The van der Waals surface area contributed by atoms with E-state index in [0.717, 1.165) is 115 Å². The Labute approximate surface area is 536 Å². The average molecular weight is 1280 g/mol. The molecule has 20 heteroatoms. The minimum atomic E-state index is -0.624. The van der Waals surface area contributed by atoms with Gasteiger partial charge in [-0.15, -0.1) is 0 Å². The van der Waals surface area contributed by atoms with Crippen LogP contribution < -0.4 is 0 Å². The Hall–Kier alpha value is -2.27. The van der Waals surface area contributed by atoms with E-state index in [-0.39, 0.29) is 29.8 Å². The van der Waals surface area contributed by atoms with Gasteiger partial charge in [0, 0.05) is 109 Å². The number of carbonyl (C=O) groups is 5. The zero-order valence-corrected chi connectivity index (χ0v) is 57.8. The van der Waals surface area contributed by atoms with E-state index < -0.39 is 24.4 Å². The van der Waals surface area contributed by atoms with Crippen molar-refractivity contribution in [3.8, 4) is 0 Å². The number of hydrogen-bond acceptors (Lipinski definition) is 20. The topological polar surface area (TPSA) is 225 Å². The predicted octanol–water partition coefficient (Wildman–Crippen LogP) is 10.9. The number of esters is 5. The number of rotatable bonds is 59. The van der Waals surface area contributed by atoms with Crippen molar-refractivity contribution in [2.24, 2.45) is 23.7 Å². The van der Waals surface area contributed by atoms with Crippen LogP contribution in [0.1, 0.15) is 229 Å². The Morgan fingerprint density at radius 1 is 0.391 bits per heavy atom. The molecule has 1 heterocycles. The zero-order chi connectivity index (χ0) is 64.3. The van der Waals surface area contributed by atoms with Crippen molar-refractivity contribution in [2.45, 2.75) is 253 Å². The summed E-state index contributed by atoms with van der Waals surface area (Å²) >= 11 is 0. The molecule has 1 saturated heterocycles. The lowest BCUT2D eigenvalue weighted by Gasteiger charge is -2.34. The highest BCUT2D eigenvalue weighted by Crippen LogP contribution is 2.23. The third-order valence-electron chi connectivity index (χ3n) is 16.5. The maximum absolute atomic E-state index is 12.8. The molecule has 87 heavy (non-hydrogen) atoms. The maximum Gasteiger partial charge on any atom is 0.305 e. The van der Waals surface area contributed by atoms with E-state index in [0.29, 0.717) is 205 Å². The SMILES string of the molecule is CCC(CC)COC(=O)CCCCC(O)CN(CCCCC(=O)OCCN1CCN(CCSSCCCCN(CC(O)CCCCC(=O)OCCC(C)C)CC(O)CCCCC(=O)OCCC(C)C)CC1)CC(O)CCCCC(=O)OCC(CC)CC. The number of aliphatic hydroxyl groups is 4. The molecule has 0 aliphatic carbocycles. The smallest absolute Gasteiger partial charge is 0.305 e. The molecule has 4 unspecified atom stereocenters. The molecule has 1 rings (SSSR count). The highest BCUT2D eigenvalue weighted by atomic mass is 33.1. The molecule has 1 fully saturated rings. The van der Waals surface area contributed by atoms with Crippen molar-refractivity contribution in [1.82, 2.24) is 19.6 Å². The Balaban J connectivity index is 2.45.